The Morgan fingerprint density at radius 1 is 0.976 bits per heavy atom. The smallest absolute Gasteiger partial charge is 0.359 e. The summed E-state index contributed by atoms with van der Waals surface area (Å²) in [7, 11) is -2.22. The predicted octanol–water partition coefficient (Wildman–Crippen LogP) is 3.76. The number of nitrogens with one attached hydrogen (secondary N) is 1. The quantitative estimate of drug-likeness (QED) is 0.0764. The van der Waals surface area contributed by atoms with Crippen LogP contribution in [0.1, 0.15) is 11.1 Å². The first kappa shape index (κ1) is 30.9. The molecule has 4 rings (SSSR count). The second-order valence-corrected chi connectivity index (χ2v) is 13.2. The zero-order chi connectivity index (χ0) is 30.3. The lowest BCUT2D eigenvalue weighted by molar-refractivity contribution is -0.153. The Labute approximate surface area is 251 Å². The van der Waals surface area contributed by atoms with Crippen LogP contribution in [0.5, 0.6) is 5.75 Å². The lowest BCUT2D eigenvalue weighted by Crippen LogP contribution is -2.70. The summed E-state index contributed by atoms with van der Waals surface area (Å²) in [5.74, 6) is -3.11. The van der Waals surface area contributed by atoms with Crippen molar-refractivity contribution in [3.63, 3.8) is 0 Å². The minimum atomic E-state index is -4.09. The SMILES string of the molecule is COc1ccc(COC(=O)/C(=C(\O)CCl)N2C(=O)[C@@H](NC(=O)Cc3ccccc3)[C@H]2SS(=O)(=O)c2ccccc2)cc1. The maximum absolute atomic E-state index is 13.4. The molecule has 2 atom stereocenters. The molecule has 0 saturated carbocycles. The summed E-state index contributed by atoms with van der Waals surface area (Å²) in [6.45, 7) is -0.221. The summed E-state index contributed by atoms with van der Waals surface area (Å²) in [5.41, 5.74) is 0.660. The molecule has 1 aliphatic heterocycles. The Morgan fingerprint density at radius 2 is 1.60 bits per heavy atom. The topological polar surface area (TPSA) is 139 Å². The van der Waals surface area contributed by atoms with Crippen LogP contribution in [-0.4, -0.2) is 60.6 Å². The molecule has 0 radical (unpaired) electrons. The van der Waals surface area contributed by atoms with Gasteiger partial charge in [0.2, 0.25) is 14.8 Å². The Balaban J connectivity index is 1.60. The molecule has 220 valence electrons. The van der Waals surface area contributed by atoms with Crippen LogP contribution in [0.3, 0.4) is 0 Å². The van der Waals surface area contributed by atoms with Gasteiger partial charge in [-0.3, -0.25) is 14.5 Å². The Hall–Kier alpha value is -4.00. The van der Waals surface area contributed by atoms with Crippen molar-refractivity contribution in [1.29, 1.82) is 0 Å². The normalized spacial score (nSPS) is 17.1. The highest BCUT2D eigenvalue weighted by Gasteiger charge is 2.55. The van der Waals surface area contributed by atoms with Crippen molar-refractivity contribution >= 4 is 49.0 Å². The highest BCUT2D eigenvalue weighted by Crippen LogP contribution is 2.40. The summed E-state index contributed by atoms with van der Waals surface area (Å²) < 4.78 is 37.0. The van der Waals surface area contributed by atoms with Crippen molar-refractivity contribution in [1.82, 2.24) is 10.2 Å². The molecule has 0 unspecified atom stereocenters. The maximum Gasteiger partial charge on any atom is 0.359 e. The average molecular weight is 631 g/mol. The van der Waals surface area contributed by atoms with Gasteiger partial charge < -0.3 is 19.9 Å². The first-order chi connectivity index (χ1) is 20.1. The average Bonchev–Trinajstić information content (AvgIpc) is 3.01. The van der Waals surface area contributed by atoms with Gasteiger partial charge in [-0.1, -0.05) is 60.7 Å². The summed E-state index contributed by atoms with van der Waals surface area (Å²) >= 11 is 5.84. The number of aliphatic hydroxyl groups excluding tert-OH is 1. The Bertz CT molecular complexity index is 1570. The number of carbonyl (C=O) groups is 3. The van der Waals surface area contributed by atoms with Gasteiger partial charge in [0.05, 0.1) is 24.3 Å². The molecule has 2 amide bonds. The van der Waals surface area contributed by atoms with Crippen LogP contribution < -0.4 is 10.1 Å². The molecule has 10 nitrogen and oxygen atoms in total. The second-order valence-electron chi connectivity index (χ2n) is 9.02. The minimum absolute atomic E-state index is 0.0437. The molecule has 0 aromatic heterocycles. The minimum Gasteiger partial charge on any atom is -0.509 e. The number of hydrogen-bond donors (Lipinski definition) is 2. The van der Waals surface area contributed by atoms with Crippen LogP contribution in [0.2, 0.25) is 0 Å². The maximum atomic E-state index is 13.4. The Kier molecular flexibility index (Phi) is 10.2. The van der Waals surface area contributed by atoms with E-state index >= 15 is 0 Å². The van der Waals surface area contributed by atoms with Gasteiger partial charge in [0, 0.05) is 10.8 Å². The van der Waals surface area contributed by atoms with Crippen LogP contribution in [0.4, 0.5) is 0 Å². The number of methoxy groups -OCH3 is 1. The molecule has 0 aliphatic carbocycles. The second kappa shape index (κ2) is 13.8. The van der Waals surface area contributed by atoms with Crippen LogP contribution in [-0.2, 0) is 41.0 Å². The number of nitrogens with zero attached hydrogens (tertiary/aromatic N) is 1. The molecule has 1 saturated heterocycles. The fourth-order valence-electron chi connectivity index (χ4n) is 4.07. The van der Waals surface area contributed by atoms with Gasteiger partial charge in [-0.25, -0.2) is 13.2 Å². The fraction of sp³-hybridized carbons (Fsp3) is 0.207. The summed E-state index contributed by atoms with van der Waals surface area (Å²) in [5, 5.41) is 11.8. The lowest BCUT2D eigenvalue weighted by Gasteiger charge is -2.46. The van der Waals surface area contributed by atoms with E-state index < -0.39 is 55.4 Å². The largest absolute Gasteiger partial charge is 0.509 e. The number of rotatable bonds is 12. The number of allylic oxidation sites excluding steroid dienone is 1. The van der Waals surface area contributed by atoms with E-state index in [1.54, 1.807) is 60.7 Å². The number of likely N-dealkylation sites (tertiary alicyclic amines) is 1. The van der Waals surface area contributed by atoms with Gasteiger partial charge >= 0.3 is 5.97 Å². The first-order valence-corrected chi connectivity index (χ1v) is 16.0. The fourth-order valence-corrected chi connectivity index (χ4v) is 7.68. The molecule has 13 heteroatoms. The number of amides is 2. The van der Waals surface area contributed by atoms with Gasteiger partial charge in [0.25, 0.3) is 5.91 Å². The number of benzene rings is 3. The van der Waals surface area contributed by atoms with Gasteiger partial charge in [-0.2, -0.15) is 0 Å². The van der Waals surface area contributed by atoms with Crippen molar-refractivity contribution in [3.05, 3.63) is 108 Å². The van der Waals surface area contributed by atoms with Gasteiger partial charge in [0.1, 0.15) is 29.5 Å². The highest BCUT2D eigenvalue weighted by atomic mass is 35.5. The standard InChI is InChI=1S/C29H27ClN2O8S2/c1-39-21-14-12-20(13-15-21)18-40-29(36)26(23(33)17-30)32-27(35)25(31-24(34)16-19-8-4-2-5-9-19)28(32)41-42(37,38)22-10-6-3-7-11-22/h2-15,25,28,33H,16-18H2,1H3,(H,31,34)/b26-23+/t25-,28-/m1/s1. The molecule has 1 fully saturated rings. The number of ether oxygens (including phenoxy) is 2. The van der Waals surface area contributed by atoms with Gasteiger partial charge in [-0.05, 0) is 35.4 Å². The highest BCUT2D eigenvalue weighted by molar-refractivity contribution is 8.72. The number of aliphatic hydroxyl groups is 1. The van der Waals surface area contributed by atoms with E-state index in [-0.39, 0.29) is 17.9 Å². The number of alkyl halides is 1. The molecule has 1 heterocycles. The molecule has 3 aromatic carbocycles. The van der Waals surface area contributed by atoms with Crippen molar-refractivity contribution in [2.45, 2.75) is 29.3 Å². The van der Waals surface area contributed by atoms with E-state index in [1.165, 1.54) is 31.4 Å². The number of β-lactam (4-membered cyclic amide) rings is 1. The van der Waals surface area contributed by atoms with Crippen molar-refractivity contribution in [2.75, 3.05) is 13.0 Å². The molecule has 3 aromatic rings. The summed E-state index contributed by atoms with van der Waals surface area (Å²) in [4.78, 5) is 40.2. The molecular formula is C29H27ClN2O8S2. The van der Waals surface area contributed by atoms with Crippen LogP contribution in [0.25, 0.3) is 0 Å². The summed E-state index contributed by atoms with van der Waals surface area (Å²) in [6.07, 6.45) is -0.0625. The van der Waals surface area contributed by atoms with E-state index in [1.807, 2.05) is 0 Å². The van der Waals surface area contributed by atoms with E-state index in [0.29, 0.717) is 27.7 Å². The van der Waals surface area contributed by atoms with E-state index in [4.69, 9.17) is 21.1 Å². The monoisotopic (exact) mass is 630 g/mol. The van der Waals surface area contributed by atoms with Crippen molar-refractivity contribution in [3.8, 4) is 5.75 Å². The van der Waals surface area contributed by atoms with E-state index in [9.17, 15) is 27.9 Å². The predicted molar refractivity (Wildman–Crippen MR) is 157 cm³/mol. The first-order valence-electron chi connectivity index (χ1n) is 12.6. The lowest BCUT2D eigenvalue weighted by atomic mass is 10.0. The van der Waals surface area contributed by atoms with Crippen LogP contribution in [0, 0.1) is 0 Å². The third-order valence-corrected chi connectivity index (χ3v) is 10.2. The molecule has 42 heavy (non-hydrogen) atoms. The van der Waals surface area contributed by atoms with Crippen LogP contribution in [0.15, 0.2) is 101 Å². The number of hydrogen-bond acceptors (Lipinski definition) is 9. The molecule has 2 N–H and O–H groups in total. The molecule has 0 spiro atoms. The summed E-state index contributed by atoms with van der Waals surface area (Å²) in [6, 6.07) is 21.6. The van der Waals surface area contributed by atoms with E-state index in [2.05, 4.69) is 5.32 Å². The molecular weight excluding hydrogens is 604 g/mol. The molecule has 0 bridgehead atoms. The zero-order valence-corrected chi connectivity index (χ0v) is 24.7. The number of esters is 1. The van der Waals surface area contributed by atoms with Crippen molar-refractivity contribution < 1.29 is 37.4 Å². The third-order valence-electron chi connectivity index (χ3n) is 6.19. The van der Waals surface area contributed by atoms with Gasteiger partial charge in [-0.15, -0.1) is 11.6 Å². The third kappa shape index (κ3) is 7.25. The molecule has 1 aliphatic rings. The number of carbonyl (C=O) groups excluding carboxylic acids is 3. The van der Waals surface area contributed by atoms with E-state index in [0.717, 1.165) is 4.90 Å². The van der Waals surface area contributed by atoms with Crippen molar-refractivity contribution in [2.24, 2.45) is 0 Å². The number of halogens is 1. The Morgan fingerprint density at radius 3 is 2.19 bits per heavy atom. The van der Waals surface area contributed by atoms with Crippen LogP contribution >= 0.6 is 22.4 Å². The van der Waals surface area contributed by atoms with Gasteiger partial charge in [0.15, 0.2) is 5.70 Å². The zero-order valence-electron chi connectivity index (χ0n) is 22.3.